The Labute approximate surface area is 279 Å². The second-order valence-corrected chi connectivity index (χ2v) is 12.5. The van der Waals surface area contributed by atoms with Crippen LogP contribution in [0.5, 0.6) is 23.0 Å². The van der Waals surface area contributed by atoms with Gasteiger partial charge in [-0.2, -0.15) is 0 Å². The SMILES string of the molecule is COC(=O)[C@]1(C)Nc2c(OC(=O)N3CCN(C)CC3)cc3c(c2C1=O)[C@H](CBr)CN3C(=O)c1cc2cc(OC)c(OC)c(OC)c2[nH]1. The van der Waals surface area contributed by atoms with Crippen LogP contribution < -0.4 is 29.2 Å². The van der Waals surface area contributed by atoms with Crippen LogP contribution in [0.25, 0.3) is 10.9 Å². The van der Waals surface area contributed by atoms with Crippen molar-refractivity contribution in [2.24, 2.45) is 0 Å². The smallest absolute Gasteiger partial charge is 0.415 e. The number of piperazine rings is 1. The molecule has 6 rings (SSSR count). The number of aromatic amines is 1. The van der Waals surface area contributed by atoms with E-state index in [1.807, 2.05) is 7.05 Å². The number of halogens is 1. The fraction of sp³-hybridized carbons (Fsp3) is 0.438. The van der Waals surface area contributed by atoms with Crippen LogP contribution in [0.4, 0.5) is 16.2 Å². The molecule has 15 heteroatoms. The van der Waals surface area contributed by atoms with E-state index in [2.05, 4.69) is 31.1 Å². The van der Waals surface area contributed by atoms with Gasteiger partial charge in [-0.05, 0) is 31.7 Å². The van der Waals surface area contributed by atoms with Gasteiger partial charge in [-0.3, -0.25) is 9.59 Å². The normalized spacial score (nSPS) is 20.5. The molecule has 2 N–H and O–H groups in total. The van der Waals surface area contributed by atoms with Gasteiger partial charge in [0.1, 0.15) is 5.69 Å². The Hall–Kier alpha value is -4.50. The van der Waals surface area contributed by atoms with Crippen molar-refractivity contribution in [2.45, 2.75) is 18.4 Å². The van der Waals surface area contributed by atoms with Crippen molar-refractivity contribution in [3.8, 4) is 23.0 Å². The quantitative estimate of drug-likeness (QED) is 0.210. The second kappa shape index (κ2) is 12.3. The van der Waals surface area contributed by atoms with Gasteiger partial charge in [0.15, 0.2) is 22.8 Å². The highest BCUT2D eigenvalue weighted by Crippen LogP contribution is 2.52. The Morgan fingerprint density at radius 3 is 2.30 bits per heavy atom. The van der Waals surface area contributed by atoms with Gasteiger partial charge < -0.3 is 48.7 Å². The molecule has 0 bridgehead atoms. The number of ketones is 1. The molecule has 0 unspecified atom stereocenters. The third-order valence-corrected chi connectivity index (χ3v) is 9.88. The van der Waals surface area contributed by atoms with E-state index in [0.29, 0.717) is 70.9 Å². The van der Waals surface area contributed by atoms with Gasteiger partial charge in [-0.15, -0.1) is 0 Å². The Morgan fingerprint density at radius 2 is 1.68 bits per heavy atom. The van der Waals surface area contributed by atoms with E-state index in [1.54, 1.807) is 28.0 Å². The van der Waals surface area contributed by atoms with Crippen LogP contribution in [0.1, 0.15) is 39.3 Å². The minimum Gasteiger partial charge on any atom is -0.493 e. The van der Waals surface area contributed by atoms with E-state index >= 15 is 0 Å². The van der Waals surface area contributed by atoms with Crippen molar-refractivity contribution >= 4 is 62.0 Å². The molecule has 47 heavy (non-hydrogen) atoms. The molecule has 1 aromatic heterocycles. The maximum atomic E-state index is 14.3. The number of methoxy groups -OCH3 is 4. The molecule has 1 saturated heterocycles. The van der Waals surface area contributed by atoms with E-state index in [4.69, 9.17) is 23.7 Å². The van der Waals surface area contributed by atoms with Crippen molar-refractivity contribution in [3.05, 3.63) is 35.0 Å². The molecule has 2 aromatic carbocycles. The summed E-state index contributed by atoms with van der Waals surface area (Å²) in [7, 11) is 7.68. The Balaban J connectivity index is 1.47. The number of esters is 1. The average molecular weight is 715 g/mol. The van der Waals surface area contributed by atoms with Crippen LogP contribution in [0.15, 0.2) is 18.2 Å². The predicted octanol–water partition coefficient (Wildman–Crippen LogP) is 3.62. The monoisotopic (exact) mass is 713 g/mol. The first-order chi connectivity index (χ1) is 22.5. The molecule has 1 fully saturated rings. The molecule has 250 valence electrons. The first kappa shape index (κ1) is 32.4. The largest absolute Gasteiger partial charge is 0.493 e. The number of nitrogens with one attached hydrogen (secondary N) is 2. The van der Waals surface area contributed by atoms with Gasteiger partial charge in [-0.1, -0.05) is 15.9 Å². The van der Waals surface area contributed by atoms with E-state index in [9.17, 15) is 19.2 Å². The molecule has 14 nitrogen and oxygen atoms in total. The van der Waals surface area contributed by atoms with Crippen LogP contribution in [-0.2, 0) is 9.53 Å². The van der Waals surface area contributed by atoms with Gasteiger partial charge in [-0.25, -0.2) is 9.59 Å². The van der Waals surface area contributed by atoms with Crippen LogP contribution in [-0.4, -0.2) is 118 Å². The highest BCUT2D eigenvalue weighted by molar-refractivity contribution is 9.09. The van der Waals surface area contributed by atoms with Gasteiger partial charge in [0.25, 0.3) is 5.91 Å². The van der Waals surface area contributed by atoms with Crippen molar-refractivity contribution in [1.29, 1.82) is 0 Å². The zero-order valence-electron chi connectivity index (χ0n) is 26.9. The van der Waals surface area contributed by atoms with E-state index in [-0.39, 0.29) is 35.2 Å². The molecule has 3 aromatic rings. The fourth-order valence-corrected chi connectivity index (χ4v) is 7.05. The summed E-state index contributed by atoms with van der Waals surface area (Å²) in [6, 6.07) is 5.01. The van der Waals surface area contributed by atoms with Crippen molar-refractivity contribution < 1.29 is 42.9 Å². The summed E-state index contributed by atoms with van der Waals surface area (Å²) in [5.41, 5.74) is 0.365. The number of anilines is 2. The van der Waals surface area contributed by atoms with Crippen molar-refractivity contribution in [1.82, 2.24) is 14.8 Å². The van der Waals surface area contributed by atoms with Gasteiger partial charge in [0.2, 0.25) is 11.5 Å². The van der Waals surface area contributed by atoms with E-state index < -0.39 is 29.3 Å². The number of hydrogen-bond donors (Lipinski definition) is 2. The van der Waals surface area contributed by atoms with Crippen LogP contribution in [0, 0.1) is 0 Å². The number of alkyl halides is 1. The third-order valence-electron chi connectivity index (χ3n) is 9.10. The highest BCUT2D eigenvalue weighted by Gasteiger charge is 2.53. The number of Topliss-reactive ketones (excluding diaryl/α,β-unsaturated/α-hetero) is 1. The number of hydrogen-bond acceptors (Lipinski definition) is 11. The molecular formula is C32H36BrN5O9. The van der Waals surface area contributed by atoms with Gasteiger partial charge in [0, 0.05) is 55.4 Å². The number of benzene rings is 2. The first-order valence-electron chi connectivity index (χ1n) is 15.0. The van der Waals surface area contributed by atoms with Gasteiger partial charge in [0.05, 0.1) is 50.9 Å². The molecule has 0 aliphatic carbocycles. The molecule has 0 radical (unpaired) electrons. The molecule has 2 amide bonds. The average Bonchev–Trinajstić information content (AvgIpc) is 3.75. The maximum absolute atomic E-state index is 14.3. The van der Waals surface area contributed by atoms with E-state index in [0.717, 1.165) is 0 Å². The molecule has 0 saturated carbocycles. The lowest BCUT2D eigenvalue weighted by Crippen LogP contribution is -2.48. The summed E-state index contributed by atoms with van der Waals surface area (Å²) < 4.78 is 27.5. The molecule has 4 heterocycles. The number of ether oxygens (including phenoxy) is 5. The van der Waals surface area contributed by atoms with E-state index in [1.165, 1.54) is 35.4 Å². The number of likely N-dealkylation sites (N-methyl/N-ethyl adjacent to an activating group) is 1. The lowest BCUT2D eigenvalue weighted by atomic mass is 9.89. The topological polar surface area (TPSA) is 152 Å². The number of amides is 2. The lowest BCUT2D eigenvalue weighted by molar-refractivity contribution is -0.143. The zero-order chi connectivity index (χ0) is 33.8. The summed E-state index contributed by atoms with van der Waals surface area (Å²) in [4.78, 5) is 63.1. The molecule has 0 spiro atoms. The Morgan fingerprint density at radius 1 is 0.979 bits per heavy atom. The second-order valence-electron chi connectivity index (χ2n) is 11.8. The molecule has 3 aliphatic rings. The minimum atomic E-state index is -1.76. The number of fused-ring (bicyclic) bond motifs is 4. The third kappa shape index (κ3) is 5.12. The van der Waals surface area contributed by atoms with Crippen LogP contribution in [0.3, 0.4) is 0 Å². The molecular weight excluding hydrogens is 678 g/mol. The summed E-state index contributed by atoms with van der Waals surface area (Å²) in [6.07, 6.45) is -0.598. The summed E-state index contributed by atoms with van der Waals surface area (Å²) in [5, 5.41) is 4.07. The predicted molar refractivity (Wildman–Crippen MR) is 176 cm³/mol. The fourth-order valence-electron chi connectivity index (χ4n) is 6.52. The summed E-state index contributed by atoms with van der Waals surface area (Å²) in [5.74, 6) is -0.837. The Kier molecular flexibility index (Phi) is 8.47. The first-order valence-corrected chi connectivity index (χ1v) is 16.1. The number of nitrogens with zero attached hydrogens (tertiary/aromatic N) is 3. The Bertz CT molecular complexity index is 1800. The van der Waals surface area contributed by atoms with Crippen LogP contribution >= 0.6 is 15.9 Å². The number of carbonyl (C=O) groups excluding carboxylic acids is 4. The van der Waals surface area contributed by atoms with Crippen molar-refractivity contribution in [3.63, 3.8) is 0 Å². The number of H-pyrrole nitrogens is 1. The van der Waals surface area contributed by atoms with Crippen LogP contribution in [0.2, 0.25) is 0 Å². The standard InChI is InChI=1S/C32H36BrN5O9/c1-32(30(41)46-6)28(39)23-22-17(14-33)15-38(19(22)13-20(25(23)35-32)47-31(42)37-9-7-36(2)8-10-37)29(40)18-11-16-12-21(43-3)26(44-4)27(45-5)24(16)34-18/h11-13,17,34-35H,7-10,14-15H2,1-6H3/t17-,32-/m1/s1. The highest BCUT2D eigenvalue weighted by atomic mass is 79.9. The minimum absolute atomic E-state index is 0.0319. The lowest BCUT2D eigenvalue weighted by Gasteiger charge is -2.31. The molecule has 2 atom stereocenters. The van der Waals surface area contributed by atoms with Crippen molar-refractivity contribution in [2.75, 3.05) is 83.8 Å². The number of carbonyl (C=O) groups is 4. The maximum Gasteiger partial charge on any atom is 0.415 e. The zero-order valence-corrected chi connectivity index (χ0v) is 28.5. The number of rotatable bonds is 7. The van der Waals surface area contributed by atoms with Gasteiger partial charge >= 0.3 is 12.1 Å². The number of aromatic nitrogens is 1. The summed E-state index contributed by atoms with van der Waals surface area (Å²) in [6.45, 7) is 3.92. The summed E-state index contributed by atoms with van der Waals surface area (Å²) >= 11 is 3.56. The molecule has 3 aliphatic heterocycles.